The van der Waals surface area contributed by atoms with Crippen LogP contribution in [0.4, 0.5) is 5.69 Å². The highest BCUT2D eigenvalue weighted by Crippen LogP contribution is 2.37. The van der Waals surface area contributed by atoms with Crippen molar-refractivity contribution in [3.8, 4) is 22.7 Å². The second-order valence-electron chi connectivity index (χ2n) is 6.42. The molecule has 170 valence electrons. The van der Waals surface area contributed by atoms with Gasteiger partial charge in [-0.2, -0.15) is 5.10 Å². The third kappa shape index (κ3) is 4.63. The third-order valence-electron chi connectivity index (χ3n) is 4.43. The van der Waals surface area contributed by atoms with Crippen molar-refractivity contribution in [1.29, 1.82) is 0 Å². The van der Waals surface area contributed by atoms with Crippen molar-refractivity contribution >= 4 is 23.6 Å². The minimum Gasteiger partial charge on any atom is -0.481 e. The second-order valence-corrected chi connectivity index (χ2v) is 6.42. The molecule has 0 saturated carbocycles. The Bertz CT molecular complexity index is 1240. The number of hydrogen-bond donors (Lipinski definition) is 1. The number of carbonyl (C=O) groups excluding carboxylic acids is 2. The van der Waals surface area contributed by atoms with Gasteiger partial charge < -0.3 is 19.3 Å². The van der Waals surface area contributed by atoms with Gasteiger partial charge in [0.1, 0.15) is 17.0 Å². The minimum absolute atomic E-state index is 0.0920. The van der Waals surface area contributed by atoms with Crippen molar-refractivity contribution in [2.75, 3.05) is 20.8 Å². The zero-order valence-corrected chi connectivity index (χ0v) is 17.4. The summed E-state index contributed by atoms with van der Waals surface area (Å²) in [6, 6.07) is 11.6. The fourth-order valence-electron chi connectivity index (χ4n) is 3.03. The second kappa shape index (κ2) is 9.60. The molecule has 0 unspecified atom stereocenters. The summed E-state index contributed by atoms with van der Waals surface area (Å²) in [5, 5.41) is 24.7. The summed E-state index contributed by atoms with van der Waals surface area (Å²) in [5.74, 6) is -3.29. The van der Waals surface area contributed by atoms with Gasteiger partial charge in [0, 0.05) is 12.1 Å². The predicted octanol–water partition coefficient (Wildman–Crippen LogP) is 2.48. The van der Waals surface area contributed by atoms with Crippen LogP contribution in [0.25, 0.3) is 16.9 Å². The number of nitrogens with zero attached hydrogens (tertiary/aromatic N) is 3. The lowest BCUT2D eigenvalue weighted by Crippen LogP contribution is -2.15. The number of nitro groups is 1. The van der Waals surface area contributed by atoms with Crippen LogP contribution in [0.3, 0.4) is 0 Å². The van der Waals surface area contributed by atoms with E-state index in [9.17, 15) is 24.5 Å². The largest absolute Gasteiger partial charge is 0.481 e. The van der Waals surface area contributed by atoms with E-state index >= 15 is 0 Å². The number of carboxylic acid groups (broad SMARTS) is 1. The highest BCUT2D eigenvalue weighted by molar-refractivity contribution is 6.07. The van der Waals surface area contributed by atoms with Crippen LogP contribution in [-0.4, -0.2) is 58.5 Å². The zero-order chi connectivity index (χ0) is 24.1. The molecule has 0 spiro atoms. The predicted molar refractivity (Wildman–Crippen MR) is 111 cm³/mol. The Morgan fingerprint density at radius 3 is 2.30 bits per heavy atom. The summed E-state index contributed by atoms with van der Waals surface area (Å²) in [6.45, 7) is -0.762. The van der Waals surface area contributed by atoms with Gasteiger partial charge in [-0.05, 0) is 18.2 Å². The average molecular weight is 455 g/mol. The lowest BCUT2D eigenvalue weighted by Gasteiger charge is -2.10. The smallest absolute Gasteiger partial charge is 0.357 e. The van der Waals surface area contributed by atoms with Crippen LogP contribution in [0.2, 0.25) is 0 Å². The summed E-state index contributed by atoms with van der Waals surface area (Å²) in [5.41, 5.74) is -0.916. The van der Waals surface area contributed by atoms with Crippen LogP contribution in [0.5, 0.6) is 5.75 Å². The number of ether oxygens (including phenoxy) is 3. The van der Waals surface area contributed by atoms with Crippen LogP contribution < -0.4 is 4.74 Å². The number of hydrogen-bond acceptors (Lipinski definition) is 9. The summed E-state index contributed by atoms with van der Waals surface area (Å²) in [7, 11) is 2.20. The Morgan fingerprint density at radius 2 is 1.73 bits per heavy atom. The molecule has 33 heavy (non-hydrogen) atoms. The molecule has 0 fully saturated rings. The quantitative estimate of drug-likeness (QED) is 0.303. The Morgan fingerprint density at radius 1 is 1.06 bits per heavy atom. The highest BCUT2D eigenvalue weighted by atomic mass is 16.6. The molecule has 3 rings (SSSR count). The van der Waals surface area contributed by atoms with Crippen LogP contribution in [0.15, 0.2) is 48.5 Å². The molecule has 0 atom stereocenters. The number of esters is 2. The number of methoxy groups -OCH3 is 2. The van der Waals surface area contributed by atoms with Crippen molar-refractivity contribution < 1.29 is 38.6 Å². The van der Waals surface area contributed by atoms with E-state index < -0.39 is 29.4 Å². The molecule has 1 N–H and O–H groups in total. The first-order valence-corrected chi connectivity index (χ1v) is 9.27. The Kier molecular flexibility index (Phi) is 6.67. The molecule has 3 aromatic rings. The Labute approximate surface area is 186 Å². The van der Waals surface area contributed by atoms with E-state index in [0.29, 0.717) is 5.69 Å². The van der Waals surface area contributed by atoms with Gasteiger partial charge in [0.25, 0.3) is 5.69 Å². The summed E-state index contributed by atoms with van der Waals surface area (Å²) in [6.07, 6.45) is 0. The highest BCUT2D eigenvalue weighted by Gasteiger charge is 2.33. The first kappa shape index (κ1) is 22.9. The summed E-state index contributed by atoms with van der Waals surface area (Å²) < 4.78 is 16.0. The molecule has 12 nitrogen and oxygen atoms in total. The molecular weight excluding hydrogens is 438 g/mol. The lowest BCUT2D eigenvalue weighted by atomic mass is 10.0. The van der Waals surface area contributed by atoms with Crippen molar-refractivity contribution in [3.05, 3.63) is 69.9 Å². The molecule has 0 aliphatic heterocycles. The van der Waals surface area contributed by atoms with Crippen molar-refractivity contribution in [2.24, 2.45) is 0 Å². The normalized spacial score (nSPS) is 10.4. The average Bonchev–Trinajstić information content (AvgIpc) is 3.22. The van der Waals surface area contributed by atoms with Gasteiger partial charge in [-0.1, -0.05) is 18.2 Å². The molecular formula is C21H17N3O9. The first-order valence-electron chi connectivity index (χ1n) is 9.27. The molecule has 1 aromatic heterocycles. The third-order valence-corrected chi connectivity index (χ3v) is 4.43. The van der Waals surface area contributed by atoms with Crippen LogP contribution in [-0.2, 0) is 14.3 Å². The van der Waals surface area contributed by atoms with E-state index in [4.69, 9.17) is 19.3 Å². The molecule has 2 aromatic carbocycles. The maximum Gasteiger partial charge on any atom is 0.357 e. The lowest BCUT2D eigenvalue weighted by molar-refractivity contribution is -0.384. The number of benzene rings is 2. The minimum atomic E-state index is -1.29. The van der Waals surface area contributed by atoms with Gasteiger partial charge >= 0.3 is 17.9 Å². The summed E-state index contributed by atoms with van der Waals surface area (Å²) in [4.78, 5) is 47.1. The summed E-state index contributed by atoms with van der Waals surface area (Å²) >= 11 is 0. The van der Waals surface area contributed by atoms with Crippen LogP contribution in [0, 0.1) is 10.1 Å². The van der Waals surface area contributed by atoms with E-state index in [1.54, 1.807) is 30.3 Å². The number of rotatable bonds is 8. The number of carboxylic acids is 1. The topological polar surface area (TPSA) is 160 Å². The van der Waals surface area contributed by atoms with E-state index in [1.165, 1.54) is 6.07 Å². The van der Waals surface area contributed by atoms with Crippen molar-refractivity contribution in [1.82, 2.24) is 9.78 Å². The van der Waals surface area contributed by atoms with Gasteiger partial charge in [0.05, 0.1) is 30.4 Å². The molecule has 0 saturated heterocycles. The SMILES string of the molecule is COC(=O)c1c(-c2cc([N+](=O)[O-])ccc2OCC(=O)O)nn(-c2ccccc2)c1C(=O)OC. The van der Waals surface area contributed by atoms with Gasteiger partial charge in [0.2, 0.25) is 0 Å². The number of carbonyl (C=O) groups is 3. The van der Waals surface area contributed by atoms with Crippen LogP contribution >= 0.6 is 0 Å². The van der Waals surface area contributed by atoms with E-state index in [1.807, 2.05) is 0 Å². The van der Waals surface area contributed by atoms with E-state index in [0.717, 1.165) is 31.0 Å². The van der Waals surface area contributed by atoms with Crippen molar-refractivity contribution in [2.45, 2.75) is 0 Å². The number of para-hydroxylation sites is 1. The molecule has 0 aliphatic rings. The van der Waals surface area contributed by atoms with E-state index in [-0.39, 0.29) is 34.0 Å². The number of non-ortho nitro benzene ring substituents is 1. The molecule has 0 radical (unpaired) electrons. The number of aliphatic carboxylic acids is 1. The monoisotopic (exact) mass is 455 g/mol. The Hall–Kier alpha value is -4.74. The van der Waals surface area contributed by atoms with E-state index in [2.05, 4.69) is 5.10 Å². The van der Waals surface area contributed by atoms with Gasteiger partial charge in [-0.3, -0.25) is 10.1 Å². The standard InChI is InChI=1S/C21H17N3O9/c1-31-20(27)17-18(14-10-13(24(29)30)8-9-15(14)33-11-16(25)26)22-23(19(17)21(28)32-2)12-6-4-3-5-7-12/h3-10H,11H2,1-2H3,(H,25,26). The fraction of sp³-hybridized carbons (Fsp3) is 0.143. The maximum absolute atomic E-state index is 12.7. The van der Waals surface area contributed by atoms with Gasteiger partial charge in [0.15, 0.2) is 12.3 Å². The molecule has 1 heterocycles. The molecule has 0 amide bonds. The maximum atomic E-state index is 12.7. The molecule has 0 bridgehead atoms. The fourth-order valence-corrected chi connectivity index (χ4v) is 3.03. The number of aromatic nitrogens is 2. The van der Waals surface area contributed by atoms with Crippen molar-refractivity contribution in [3.63, 3.8) is 0 Å². The van der Waals surface area contributed by atoms with Crippen LogP contribution in [0.1, 0.15) is 20.8 Å². The van der Waals surface area contributed by atoms with Gasteiger partial charge in [-0.25, -0.2) is 19.1 Å². The number of nitro benzene ring substituents is 1. The Balaban J connectivity index is 2.39. The zero-order valence-electron chi connectivity index (χ0n) is 17.4. The first-order chi connectivity index (χ1) is 15.8. The van der Waals surface area contributed by atoms with Gasteiger partial charge in [-0.15, -0.1) is 0 Å². The molecule has 12 heteroatoms. The molecule has 0 aliphatic carbocycles.